The zero-order valence-corrected chi connectivity index (χ0v) is 16.9. The maximum Gasteiger partial charge on any atom is 0.206 e. The first-order chi connectivity index (χ1) is 14.2. The van der Waals surface area contributed by atoms with E-state index in [9.17, 15) is 5.26 Å². The van der Waals surface area contributed by atoms with Gasteiger partial charge in [0.05, 0.1) is 18.8 Å². The second kappa shape index (κ2) is 5.75. The van der Waals surface area contributed by atoms with Gasteiger partial charge in [-0.2, -0.15) is 5.26 Å². The fraction of sp³-hybridized carbons (Fsp3) is 0.708. The lowest BCUT2D eigenvalue weighted by atomic mass is 9.50. The van der Waals surface area contributed by atoms with Crippen LogP contribution in [0.15, 0.2) is 12.1 Å². The molecule has 1 aromatic carbocycles. The van der Waals surface area contributed by atoms with Crippen molar-refractivity contribution >= 4 is 0 Å². The van der Waals surface area contributed by atoms with Crippen LogP contribution in [0.3, 0.4) is 0 Å². The van der Waals surface area contributed by atoms with Crippen LogP contribution in [0, 0.1) is 23.2 Å². The first-order valence-corrected chi connectivity index (χ1v) is 11.5. The van der Waals surface area contributed by atoms with Crippen molar-refractivity contribution in [3.8, 4) is 11.8 Å². The molecule has 3 aliphatic heterocycles. The van der Waals surface area contributed by atoms with Crippen LogP contribution in [-0.4, -0.2) is 49.1 Å². The van der Waals surface area contributed by atoms with Crippen LogP contribution in [0.1, 0.15) is 55.2 Å². The molecule has 1 aromatic rings. The summed E-state index contributed by atoms with van der Waals surface area (Å²) in [5.41, 5.74) is 3.36. The number of nitrogens with zero attached hydrogens (tertiary/aromatic N) is 2. The Hall–Kier alpha value is -1.61. The van der Waals surface area contributed by atoms with Gasteiger partial charge in [0.25, 0.3) is 0 Å². The summed E-state index contributed by atoms with van der Waals surface area (Å²) in [5, 5.41) is 9.76. The zero-order valence-electron chi connectivity index (χ0n) is 16.9. The van der Waals surface area contributed by atoms with E-state index in [2.05, 4.69) is 17.0 Å². The Labute approximate surface area is 171 Å². The van der Waals surface area contributed by atoms with Crippen molar-refractivity contribution in [2.75, 3.05) is 26.3 Å². The standard InChI is InChI=1S/C24H28N2O3/c25-13-17-5-4-16-12-19-18-6-7-24(27-10-11-28-24)22-23(18,20(16)21(17)29-22)8-9-26(19)14-15-2-1-3-15/h4-5,15,18-19,22H,1-3,6-12,14H2/t18-,19+,22+,23-/m0/s1. The van der Waals surface area contributed by atoms with Gasteiger partial charge in [-0.1, -0.05) is 12.5 Å². The molecule has 152 valence electrons. The van der Waals surface area contributed by atoms with Crippen LogP contribution in [0.4, 0.5) is 0 Å². The molecule has 5 nitrogen and oxygen atoms in total. The van der Waals surface area contributed by atoms with E-state index < -0.39 is 5.79 Å². The summed E-state index contributed by atoms with van der Waals surface area (Å²) in [6, 6.07) is 7.15. The Morgan fingerprint density at radius 2 is 2.00 bits per heavy atom. The first kappa shape index (κ1) is 17.1. The molecule has 0 unspecified atom stereocenters. The van der Waals surface area contributed by atoms with Gasteiger partial charge < -0.3 is 14.2 Å². The normalized spacial score (nSPS) is 38.9. The third-order valence-electron chi connectivity index (χ3n) is 9.07. The lowest BCUT2D eigenvalue weighted by Gasteiger charge is -2.61. The predicted octanol–water partition coefficient (Wildman–Crippen LogP) is 3.14. The van der Waals surface area contributed by atoms with Gasteiger partial charge in [0, 0.05) is 30.0 Å². The molecule has 0 amide bonds. The van der Waals surface area contributed by atoms with E-state index in [0.29, 0.717) is 30.7 Å². The highest BCUT2D eigenvalue weighted by atomic mass is 16.8. The van der Waals surface area contributed by atoms with Gasteiger partial charge in [0.2, 0.25) is 5.79 Å². The number of hydrogen-bond acceptors (Lipinski definition) is 5. The van der Waals surface area contributed by atoms with Gasteiger partial charge in [0.15, 0.2) is 6.10 Å². The second-order valence-corrected chi connectivity index (χ2v) is 10.1. The number of nitriles is 1. The van der Waals surface area contributed by atoms with E-state index >= 15 is 0 Å². The zero-order chi connectivity index (χ0) is 19.2. The third kappa shape index (κ3) is 2.01. The highest BCUT2D eigenvalue weighted by Gasteiger charge is 2.71. The first-order valence-electron chi connectivity index (χ1n) is 11.5. The highest BCUT2D eigenvalue weighted by molar-refractivity contribution is 5.61. The van der Waals surface area contributed by atoms with Gasteiger partial charge in [-0.25, -0.2) is 0 Å². The molecule has 2 saturated carbocycles. The summed E-state index contributed by atoms with van der Waals surface area (Å²) in [6.45, 7) is 3.68. The Morgan fingerprint density at radius 1 is 1.14 bits per heavy atom. The Kier molecular flexibility index (Phi) is 3.39. The predicted molar refractivity (Wildman–Crippen MR) is 106 cm³/mol. The number of fused-ring (bicyclic) bond motifs is 1. The van der Waals surface area contributed by atoms with Gasteiger partial charge >= 0.3 is 0 Å². The van der Waals surface area contributed by atoms with Crippen LogP contribution >= 0.6 is 0 Å². The topological polar surface area (TPSA) is 54.7 Å². The molecule has 3 heterocycles. The van der Waals surface area contributed by atoms with E-state index in [-0.39, 0.29) is 11.5 Å². The molecule has 2 bridgehead atoms. The number of hydrogen-bond donors (Lipinski definition) is 0. The van der Waals surface area contributed by atoms with Crippen molar-refractivity contribution in [2.24, 2.45) is 11.8 Å². The number of likely N-dealkylation sites (tertiary alicyclic amines) is 1. The fourth-order valence-electron chi connectivity index (χ4n) is 7.70. The monoisotopic (exact) mass is 392 g/mol. The van der Waals surface area contributed by atoms with E-state index in [1.807, 2.05) is 6.07 Å². The minimum absolute atomic E-state index is 0.0564. The number of benzene rings is 1. The molecule has 2 spiro atoms. The number of rotatable bonds is 2. The van der Waals surface area contributed by atoms with Gasteiger partial charge in [0.1, 0.15) is 11.8 Å². The largest absolute Gasteiger partial charge is 0.482 e. The van der Waals surface area contributed by atoms with E-state index in [0.717, 1.165) is 43.9 Å². The summed E-state index contributed by atoms with van der Waals surface area (Å²) in [6.07, 6.45) is 8.32. The summed E-state index contributed by atoms with van der Waals surface area (Å²) >= 11 is 0. The maximum atomic E-state index is 9.76. The molecule has 3 aliphatic carbocycles. The second-order valence-electron chi connectivity index (χ2n) is 10.1. The quantitative estimate of drug-likeness (QED) is 0.774. The lowest BCUT2D eigenvalue weighted by Crippen LogP contribution is -2.70. The van der Waals surface area contributed by atoms with Gasteiger partial charge in [-0.05, 0) is 62.1 Å². The Balaban J connectivity index is 1.38. The Morgan fingerprint density at radius 3 is 2.76 bits per heavy atom. The van der Waals surface area contributed by atoms with E-state index in [1.54, 1.807) is 0 Å². The van der Waals surface area contributed by atoms with Crippen molar-refractivity contribution in [1.29, 1.82) is 5.26 Å². The molecule has 7 rings (SSSR count). The summed E-state index contributed by atoms with van der Waals surface area (Å²) in [7, 11) is 0. The minimum atomic E-state index is -0.627. The molecule has 29 heavy (non-hydrogen) atoms. The number of piperidine rings is 1. The summed E-state index contributed by atoms with van der Waals surface area (Å²) in [5.74, 6) is 1.68. The highest BCUT2D eigenvalue weighted by Crippen LogP contribution is 2.65. The van der Waals surface area contributed by atoms with Gasteiger partial charge in [-0.15, -0.1) is 0 Å². The molecule has 4 atom stereocenters. The molecule has 0 N–H and O–H groups in total. The van der Waals surface area contributed by atoms with Crippen LogP contribution in [-0.2, 0) is 21.3 Å². The van der Waals surface area contributed by atoms with Crippen molar-refractivity contribution in [3.05, 3.63) is 28.8 Å². The SMILES string of the molecule is N#Cc1ccc2c3c1O[C@H]1C4(CC[C@H]5[C@@H](C2)N(CC2CCC2)CC[C@@]351)OCCO4. The Bertz CT molecular complexity index is 913. The molecule has 2 saturated heterocycles. The van der Waals surface area contributed by atoms with Gasteiger partial charge in [-0.3, -0.25) is 4.90 Å². The molecule has 4 fully saturated rings. The molecule has 0 aromatic heterocycles. The minimum Gasteiger partial charge on any atom is -0.482 e. The smallest absolute Gasteiger partial charge is 0.206 e. The molecule has 0 radical (unpaired) electrons. The summed E-state index contributed by atoms with van der Waals surface area (Å²) in [4.78, 5) is 2.81. The van der Waals surface area contributed by atoms with Crippen LogP contribution in [0.5, 0.6) is 5.75 Å². The molecular formula is C24H28N2O3. The molecule has 5 heteroatoms. The third-order valence-corrected chi connectivity index (χ3v) is 9.07. The average molecular weight is 392 g/mol. The van der Waals surface area contributed by atoms with Crippen molar-refractivity contribution in [2.45, 2.75) is 68.3 Å². The average Bonchev–Trinajstić information content (AvgIpc) is 3.30. The van der Waals surface area contributed by atoms with E-state index in [4.69, 9.17) is 14.2 Å². The maximum absolute atomic E-state index is 9.76. The number of ether oxygens (including phenoxy) is 3. The van der Waals surface area contributed by atoms with E-state index in [1.165, 1.54) is 36.9 Å². The fourth-order valence-corrected chi connectivity index (χ4v) is 7.70. The van der Waals surface area contributed by atoms with Crippen molar-refractivity contribution in [1.82, 2.24) is 4.90 Å². The van der Waals surface area contributed by atoms with Crippen molar-refractivity contribution in [3.63, 3.8) is 0 Å². The van der Waals surface area contributed by atoms with Crippen LogP contribution < -0.4 is 4.74 Å². The van der Waals surface area contributed by atoms with Crippen LogP contribution in [0.2, 0.25) is 0 Å². The van der Waals surface area contributed by atoms with Crippen LogP contribution in [0.25, 0.3) is 0 Å². The van der Waals surface area contributed by atoms with Crippen molar-refractivity contribution < 1.29 is 14.2 Å². The lowest BCUT2D eigenvalue weighted by molar-refractivity contribution is -0.261. The molecular weight excluding hydrogens is 364 g/mol. The summed E-state index contributed by atoms with van der Waals surface area (Å²) < 4.78 is 19.2. The molecule has 6 aliphatic rings.